The first kappa shape index (κ1) is 5.34. The summed E-state index contributed by atoms with van der Waals surface area (Å²) >= 11 is 0. The maximum atomic E-state index is 5.09. The van der Waals surface area contributed by atoms with E-state index in [0.717, 1.165) is 5.52 Å². The zero-order chi connectivity index (χ0) is 6.97. The third-order valence-electron chi connectivity index (χ3n) is 1.29. The van der Waals surface area contributed by atoms with Crippen molar-refractivity contribution >= 4 is 11.2 Å². The van der Waals surface area contributed by atoms with Crippen molar-refractivity contribution in [2.24, 2.45) is 0 Å². The Morgan fingerprint density at radius 3 is 3.30 bits per heavy atom. The number of nitrogens with one attached hydrogen (secondary N) is 1. The molecule has 2 aromatic heterocycles. The molecule has 0 amide bonds. The van der Waals surface area contributed by atoms with Crippen molar-refractivity contribution in [1.82, 2.24) is 9.97 Å². The van der Waals surface area contributed by atoms with E-state index in [2.05, 4.69) is 9.97 Å². The molecule has 1 N–H and O–H groups in total. The molecule has 2 heterocycles. The molecular formula is C6H6N2O2. The minimum absolute atomic E-state index is 0.481. The van der Waals surface area contributed by atoms with Crippen molar-refractivity contribution in [3.63, 3.8) is 0 Å². The van der Waals surface area contributed by atoms with Gasteiger partial charge in [0.15, 0.2) is 0 Å². The van der Waals surface area contributed by atoms with Crippen LogP contribution >= 0.6 is 0 Å². The van der Waals surface area contributed by atoms with Crippen LogP contribution in [-0.4, -0.2) is 17.1 Å². The molecule has 0 spiro atoms. The molecule has 10 heavy (non-hydrogen) atoms. The van der Waals surface area contributed by atoms with Crippen LogP contribution in [0.4, 0.5) is 0 Å². The van der Waals surface area contributed by atoms with Gasteiger partial charge in [-0.3, -0.25) is 0 Å². The topological polar surface area (TPSA) is 51.0 Å². The number of aromatic amines is 1. The van der Waals surface area contributed by atoms with Gasteiger partial charge in [0, 0.05) is 6.07 Å². The van der Waals surface area contributed by atoms with Crippen molar-refractivity contribution in [3.05, 3.63) is 12.4 Å². The molecular weight excluding hydrogens is 132 g/mol. The van der Waals surface area contributed by atoms with Crippen LogP contribution < -0.4 is 4.74 Å². The molecule has 0 saturated carbocycles. The molecule has 0 aliphatic rings. The number of H-pyrrole nitrogens is 1. The molecule has 2 aromatic rings. The molecule has 0 aliphatic heterocycles. The predicted molar refractivity (Wildman–Crippen MR) is 34.9 cm³/mol. The highest BCUT2D eigenvalue weighted by atomic mass is 16.6. The molecule has 0 fully saturated rings. The van der Waals surface area contributed by atoms with Crippen LogP contribution in [0.15, 0.2) is 16.8 Å². The van der Waals surface area contributed by atoms with Gasteiger partial charge in [-0.2, -0.15) is 0 Å². The quantitative estimate of drug-likeness (QED) is 0.643. The second kappa shape index (κ2) is 1.76. The van der Waals surface area contributed by atoms with E-state index >= 15 is 0 Å². The molecule has 2 rings (SSSR count). The number of rotatable bonds is 1. The number of hydrogen-bond donors (Lipinski definition) is 1. The molecule has 4 heteroatoms. The fourth-order valence-electron chi connectivity index (χ4n) is 0.820. The summed E-state index contributed by atoms with van der Waals surface area (Å²) in [6.45, 7) is 0. The number of fused-ring (bicyclic) bond motifs is 1. The molecule has 0 bridgehead atoms. The Bertz CT molecular complexity index is 307. The number of hydrogen-bond acceptors (Lipinski definition) is 3. The lowest BCUT2D eigenvalue weighted by molar-refractivity contribution is 0.314. The van der Waals surface area contributed by atoms with Gasteiger partial charge in [-0.25, -0.2) is 4.98 Å². The molecule has 52 valence electrons. The minimum Gasteiger partial charge on any atom is -0.468 e. The molecule has 0 unspecified atom stereocenters. The summed E-state index contributed by atoms with van der Waals surface area (Å²) in [5, 5.41) is 0. The Kier molecular flexibility index (Phi) is 0.943. The number of imidazole rings is 1. The SMILES string of the molecule is COc1cc2[nH]cnc2o1. The second-order valence-corrected chi connectivity index (χ2v) is 1.89. The third-order valence-corrected chi connectivity index (χ3v) is 1.29. The first-order valence-corrected chi connectivity index (χ1v) is 2.87. The van der Waals surface area contributed by atoms with Gasteiger partial charge < -0.3 is 14.1 Å². The molecule has 4 nitrogen and oxygen atoms in total. The first-order valence-electron chi connectivity index (χ1n) is 2.87. The summed E-state index contributed by atoms with van der Waals surface area (Å²) in [6, 6.07) is 1.75. The maximum Gasteiger partial charge on any atom is 0.288 e. The summed E-state index contributed by atoms with van der Waals surface area (Å²) in [6.07, 6.45) is 1.58. The lowest BCUT2D eigenvalue weighted by Crippen LogP contribution is -1.75. The van der Waals surface area contributed by atoms with Crippen LogP contribution in [0, 0.1) is 0 Å². The van der Waals surface area contributed by atoms with Crippen LogP contribution in [0.2, 0.25) is 0 Å². The summed E-state index contributed by atoms with van der Waals surface area (Å²) in [4.78, 5) is 6.77. The number of methoxy groups -OCH3 is 1. The number of nitrogens with zero attached hydrogens (tertiary/aromatic N) is 1. The van der Waals surface area contributed by atoms with E-state index in [-0.39, 0.29) is 0 Å². The summed E-state index contributed by atoms with van der Waals surface area (Å²) in [5.41, 5.74) is 1.44. The van der Waals surface area contributed by atoms with Gasteiger partial charge in [0.2, 0.25) is 5.71 Å². The van der Waals surface area contributed by atoms with Crippen molar-refractivity contribution in [3.8, 4) is 5.95 Å². The highest BCUT2D eigenvalue weighted by molar-refractivity contribution is 5.69. The Morgan fingerprint density at radius 1 is 1.70 bits per heavy atom. The first-order chi connectivity index (χ1) is 4.90. The van der Waals surface area contributed by atoms with Crippen LogP contribution in [0.1, 0.15) is 0 Å². The van der Waals surface area contributed by atoms with Gasteiger partial charge in [-0.1, -0.05) is 0 Å². The third kappa shape index (κ3) is 0.586. The van der Waals surface area contributed by atoms with Crippen molar-refractivity contribution in [2.75, 3.05) is 7.11 Å². The van der Waals surface area contributed by atoms with E-state index < -0.39 is 0 Å². The molecule has 0 atom stereocenters. The molecule has 0 aromatic carbocycles. The van der Waals surface area contributed by atoms with Gasteiger partial charge in [0.1, 0.15) is 5.52 Å². The van der Waals surface area contributed by atoms with Gasteiger partial charge in [0.05, 0.1) is 13.4 Å². The smallest absolute Gasteiger partial charge is 0.288 e. The van der Waals surface area contributed by atoms with Crippen LogP contribution in [0.3, 0.4) is 0 Å². The van der Waals surface area contributed by atoms with Crippen LogP contribution in [0.5, 0.6) is 5.95 Å². The lowest BCUT2D eigenvalue weighted by Gasteiger charge is -1.86. The van der Waals surface area contributed by atoms with E-state index in [1.807, 2.05) is 0 Å². The van der Waals surface area contributed by atoms with Crippen molar-refractivity contribution in [2.45, 2.75) is 0 Å². The lowest BCUT2D eigenvalue weighted by atomic mass is 10.6. The molecule has 0 radical (unpaired) electrons. The predicted octanol–water partition coefficient (Wildman–Crippen LogP) is 1.16. The fourth-order valence-corrected chi connectivity index (χ4v) is 0.820. The monoisotopic (exact) mass is 138 g/mol. The van der Waals surface area contributed by atoms with Gasteiger partial charge in [0.25, 0.3) is 5.95 Å². The summed E-state index contributed by atoms with van der Waals surface area (Å²) in [7, 11) is 1.55. The standard InChI is InChI=1S/C6H6N2O2/c1-9-5-2-4-6(10-5)8-3-7-4/h2-3H,1H3,(H,7,8). The molecule has 0 aliphatic carbocycles. The zero-order valence-electron chi connectivity index (χ0n) is 5.42. The Morgan fingerprint density at radius 2 is 2.60 bits per heavy atom. The van der Waals surface area contributed by atoms with E-state index in [0.29, 0.717) is 11.7 Å². The van der Waals surface area contributed by atoms with E-state index in [1.165, 1.54) is 0 Å². The Labute approximate surface area is 56.8 Å². The fraction of sp³-hybridized carbons (Fsp3) is 0.167. The normalized spacial score (nSPS) is 10.5. The highest BCUT2D eigenvalue weighted by Gasteiger charge is 2.03. The van der Waals surface area contributed by atoms with Crippen LogP contribution in [0.25, 0.3) is 11.2 Å². The Hall–Kier alpha value is -1.45. The zero-order valence-corrected chi connectivity index (χ0v) is 5.42. The number of aromatic nitrogens is 2. The highest BCUT2D eigenvalue weighted by Crippen LogP contribution is 2.20. The van der Waals surface area contributed by atoms with Crippen molar-refractivity contribution < 1.29 is 9.15 Å². The average Bonchev–Trinajstić information content (AvgIpc) is 2.42. The van der Waals surface area contributed by atoms with E-state index in [4.69, 9.17) is 9.15 Å². The minimum atomic E-state index is 0.481. The Balaban J connectivity index is 2.67. The summed E-state index contributed by atoms with van der Waals surface area (Å²) < 4.78 is 9.92. The second-order valence-electron chi connectivity index (χ2n) is 1.89. The largest absolute Gasteiger partial charge is 0.468 e. The number of ether oxygens (including phenoxy) is 1. The van der Waals surface area contributed by atoms with Gasteiger partial charge in [-0.15, -0.1) is 0 Å². The average molecular weight is 138 g/mol. The van der Waals surface area contributed by atoms with Crippen molar-refractivity contribution in [1.29, 1.82) is 0 Å². The van der Waals surface area contributed by atoms with E-state index in [9.17, 15) is 0 Å². The van der Waals surface area contributed by atoms with E-state index in [1.54, 1.807) is 19.5 Å². The summed E-state index contributed by atoms with van der Waals surface area (Å²) in [5.74, 6) is 0.481. The van der Waals surface area contributed by atoms with Gasteiger partial charge >= 0.3 is 0 Å². The van der Waals surface area contributed by atoms with Crippen LogP contribution in [-0.2, 0) is 0 Å². The maximum absolute atomic E-state index is 5.09. The van der Waals surface area contributed by atoms with Gasteiger partial charge in [-0.05, 0) is 0 Å². The number of furan rings is 1. The molecule has 0 saturated heterocycles.